The highest BCUT2D eigenvalue weighted by Gasteiger charge is 1.96. The maximum Gasteiger partial charge on any atom is 0.216 e. The van der Waals surface area contributed by atoms with Gasteiger partial charge in [0.25, 0.3) is 0 Å². The van der Waals surface area contributed by atoms with Gasteiger partial charge in [-0.05, 0) is 38.8 Å². The minimum Gasteiger partial charge on any atom is -0.387 e. The van der Waals surface area contributed by atoms with Crippen LogP contribution in [0.15, 0.2) is 9.98 Å². The average Bonchev–Trinajstić information content (AvgIpc) is 2.46. The summed E-state index contributed by atoms with van der Waals surface area (Å²) in [6.07, 6.45) is 10.9. The summed E-state index contributed by atoms with van der Waals surface area (Å²) in [6.45, 7) is 2.26. The Morgan fingerprint density at radius 2 is 1.19 bits per heavy atom. The molecule has 0 saturated carbocycles. The van der Waals surface area contributed by atoms with Gasteiger partial charge >= 0.3 is 0 Å². The topological polar surface area (TPSA) is 129 Å². The summed E-state index contributed by atoms with van der Waals surface area (Å²) in [4.78, 5) is 8.34. The molecule has 21 heavy (non-hydrogen) atoms. The van der Waals surface area contributed by atoms with Gasteiger partial charge in [-0.3, -0.25) is 4.99 Å². The molecule has 0 spiro atoms. The van der Waals surface area contributed by atoms with Gasteiger partial charge in [-0.25, -0.2) is 4.99 Å². The van der Waals surface area contributed by atoms with Gasteiger partial charge in [-0.2, -0.15) is 0 Å². The van der Waals surface area contributed by atoms with E-state index in [0.29, 0.717) is 18.3 Å². The molecule has 0 bridgehead atoms. The Balaban J connectivity index is 3.65. The maximum absolute atomic E-state index is 5.84. The van der Waals surface area contributed by atoms with Gasteiger partial charge in [-0.1, -0.05) is 32.1 Å². The molecule has 0 radical (unpaired) electrons. The lowest BCUT2D eigenvalue weighted by Gasteiger charge is -2.02. The molecule has 6 heteroatoms. The van der Waals surface area contributed by atoms with Crippen molar-refractivity contribution in [3.8, 4) is 0 Å². The molecule has 0 fully saturated rings. The molecule has 0 aromatic carbocycles. The third kappa shape index (κ3) is 15.1. The van der Waals surface area contributed by atoms with E-state index in [1.165, 1.54) is 12.8 Å². The molecule has 6 nitrogen and oxygen atoms in total. The Labute approximate surface area is 129 Å². The van der Waals surface area contributed by atoms with Crippen molar-refractivity contribution in [2.75, 3.05) is 19.6 Å². The smallest absolute Gasteiger partial charge is 0.216 e. The van der Waals surface area contributed by atoms with Crippen LogP contribution in [0.2, 0.25) is 0 Å². The zero-order chi connectivity index (χ0) is 15.8. The fourth-order valence-corrected chi connectivity index (χ4v) is 2.02. The monoisotopic (exact) mass is 298 g/mol. The van der Waals surface area contributed by atoms with E-state index in [1.807, 2.05) is 0 Å². The van der Waals surface area contributed by atoms with Crippen LogP contribution in [0, 0.1) is 0 Å². The SMILES string of the molecule is NCCCCCCCC(N)=NC(N)=NCCCCCCN. The minimum absolute atomic E-state index is 0.300. The van der Waals surface area contributed by atoms with Crippen LogP contribution in [0.4, 0.5) is 0 Å². The van der Waals surface area contributed by atoms with Crippen LogP contribution in [0.3, 0.4) is 0 Å². The number of amidine groups is 1. The maximum atomic E-state index is 5.84. The molecule has 0 unspecified atom stereocenters. The van der Waals surface area contributed by atoms with E-state index in [0.717, 1.165) is 64.5 Å². The lowest BCUT2D eigenvalue weighted by Crippen LogP contribution is -2.18. The number of hydrogen-bond donors (Lipinski definition) is 4. The Morgan fingerprint density at radius 3 is 1.81 bits per heavy atom. The van der Waals surface area contributed by atoms with E-state index in [-0.39, 0.29) is 0 Å². The second kappa shape index (κ2) is 15.3. The number of hydrogen-bond acceptors (Lipinski definition) is 3. The number of unbranched alkanes of at least 4 members (excludes halogenated alkanes) is 7. The fourth-order valence-electron chi connectivity index (χ4n) is 2.02. The Bertz CT molecular complexity index is 288. The Hall–Kier alpha value is -1.14. The van der Waals surface area contributed by atoms with Gasteiger partial charge in [0.15, 0.2) is 0 Å². The van der Waals surface area contributed by atoms with Crippen molar-refractivity contribution in [3.63, 3.8) is 0 Å². The van der Waals surface area contributed by atoms with Crippen molar-refractivity contribution in [1.29, 1.82) is 0 Å². The summed E-state index contributed by atoms with van der Waals surface area (Å²) >= 11 is 0. The highest BCUT2D eigenvalue weighted by molar-refractivity contribution is 5.94. The molecule has 0 aromatic rings. The molecule has 0 heterocycles. The van der Waals surface area contributed by atoms with Gasteiger partial charge in [-0.15, -0.1) is 0 Å². The summed E-state index contributed by atoms with van der Waals surface area (Å²) in [5.74, 6) is 0.882. The van der Waals surface area contributed by atoms with E-state index in [4.69, 9.17) is 22.9 Å². The summed E-state index contributed by atoms with van der Waals surface area (Å²) in [6, 6.07) is 0. The molecule has 0 amide bonds. The predicted molar refractivity (Wildman–Crippen MR) is 92.4 cm³/mol. The Morgan fingerprint density at radius 1 is 0.667 bits per heavy atom. The number of nitrogens with zero attached hydrogens (tertiary/aromatic N) is 2. The number of rotatable bonds is 13. The molecule has 0 aliphatic rings. The zero-order valence-electron chi connectivity index (χ0n) is 13.4. The summed E-state index contributed by atoms with van der Waals surface area (Å²) in [5, 5.41) is 0. The van der Waals surface area contributed by atoms with Crippen molar-refractivity contribution < 1.29 is 0 Å². The average molecular weight is 298 g/mol. The zero-order valence-corrected chi connectivity index (χ0v) is 13.4. The van der Waals surface area contributed by atoms with Crippen LogP contribution in [-0.2, 0) is 0 Å². The van der Waals surface area contributed by atoms with Crippen LogP contribution in [0.1, 0.15) is 64.2 Å². The molecule has 0 aliphatic heterocycles. The predicted octanol–water partition coefficient (Wildman–Crippen LogP) is 1.48. The molecular formula is C15H34N6. The highest BCUT2D eigenvalue weighted by atomic mass is 15.1. The highest BCUT2D eigenvalue weighted by Crippen LogP contribution is 2.04. The lowest BCUT2D eigenvalue weighted by atomic mass is 10.1. The normalized spacial score (nSPS) is 12.9. The first-order valence-electron chi connectivity index (χ1n) is 8.23. The van der Waals surface area contributed by atoms with Gasteiger partial charge in [0.05, 0.1) is 0 Å². The van der Waals surface area contributed by atoms with Crippen molar-refractivity contribution >= 4 is 11.8 Å². The van der Waals surface area contributed by atoms with Gasteiger partial charge < -0.3 is 22.9 Å². The van der Waals surface area contributed by atoms with E-state index < -0.39 is 0 Å². The molecule has 0 atom stereocenters. The fraction of sp³-hybridized carbons (Fsp3) is 0.867. The van der Waals surface area contributed by atoms with E-state index in [1.54, 1.807) is 0 Å². The molecule has 0 aliphatic carbocycles. The van der Waals surface area contributed by atoms with Crippen LogP contribution in [-0.4, -0.2) is 31.4 Å². The van der Waals surface area contributed by atoms with Crippen molar-refractivity contribution in [2.24, 2.45) is 32.9 Å². The summed E-state index contributed by atoms with van der Waals surface area (Å²) < 4.78 is 0. The third-order valence-electron chi connectivity index (χ3n) is 3.28. The largest absolute Gasteiger partial charge is 0.387 e. The van der Waals surface area contributed by atoms with Crippen LogP contribution in [0.5, 0.6) is 0 Å². The number of nitrogens with two attached hydrogens (primary N) is 4. The molecular weight excluding hydrogens is 264 g/mol. The van der Waals surface area contributed by atoms with Crippen LogP contribution >= 0.6 is 0 Å². The first kappa shape index (κ1) is 19.9. The second-order valence-electron chi connectivity index (χ2n) is 5.35. The van der Waals surface area contributed by atoms with Crippen molar-refractivity contribution in [2.45, 2.75) is 64.2 Å². The minimum atomic E-state index is 0.300. The van der Waals surface area contributed by atoms with E-state index >= 15 is 0 Å². The lowest BCUT2D eigenvalue weighted by molar-refractivity contribution is 0.627. The summed E-state index contributed by atoms with van der Waals surface area (Å²) in [7, 11) is 0. The van der Waals surface area contributed by atoms with Crippen LogP contribution in [0.25, 0.3) is 0 Å². The Kier molecular flexibility index (Phi) is 14.4. The molecule has 0 aromatic heterocycles. The summed E-state index contributed by atoms with van der Waals surface area (Å²) in [5.41, 5.74) is 22.5. The molecule has 8 N–H and O–H groups in total. The van der Waals surface area contributed by atoms with E-state index in [2.05, 4.69) is 9.98 Å². The second-order valence-corrected chi connectivity index (χ2v) is 5.35. The first-order valence-corrected chi connectivity index (χ1v) is 8.23. The van der Waals surface area contributed by atoms with Gasteiger partial charge in [0.2, 0.25) is 5.96 Å². The molecule has 0 rings (SSSR count). The number of aliphatic imine (C=N–C) groups is 2. The molecule has 0 saturated heterocycles. The third-order valence-corrected chi connectivity index (χ3v) is 3.28. The number of guanidine groups is 1. The van der Waals surface area contributed by atoms with E-state index in [9.17, 15) is 0 Å². The first-order chi connectivity index (χ1) is 10.2. The molecule has 124 valence electrons. The standard InChI is InChI=1S/C15H34N6/c16-11-7-3-1-2-6-10-14(18)21-15(19)20-13-9-5-4-8-12-17/h1-13,16-17H2,(H4,18,19,20,21). The van der Waals surface area contributed by atoms with Crippen molar-refractivity contribution in [1.82, 2.24) is 0 Å². The van der Waals surface area contributed by atoms with Gasteiger partial charge in [0.1, 0.15) is 5.84 Å². The van der Waals surface area contributed by atoms with Crippen LogP contribution < -0.4 is 22.9 Å². The quantitative estimate of drug-likeness (QED) is 0.233. The van der Waals surface area contributed by atoms with Crippen molar-refractivity contribution in [3.05, 3.63) is 0 Å². The van der Waals surface area contributed by atoms with Gasteiger partial charge in [0, 0.05) is 13.0 Å².